The number of hydrogen-bond acceptors (Lipinski definition) is 17. The molecule has 0 bridgehead atoms. The molecule has 0 saturated heterocycles. The molecular formula is C69H78BrClF18K2N16O10. The molecule has 11 rings (SSSR count). The molecule has 5 atom stereocenters. The average molecular weight is 1830 g/mol. The molecule has 48 heteroatoms. The number of ether oxygens (including phenoxy) is 1. The molecule has 3 N–H and O–H groups in total. The summed E-state index contributed by atoms with van der Waals surface area (Å²) in [6, 6.07) is 8.87. The van der Waals surface area contributed by atoms with Crippen LogP contribution < -0.4 is 118 Å². The van der Waals surface area contributed by atoms with Crippen LogP contribution in [0.1, 0.15) is 157 Å². The Labute approximate surface area is 757 Å². The van der Waals surface area contributed by atoms with Crippen LogP contribution in [0.5, 0.6) is 0 Å². The van der Waals surface area contributed by atoms with Crippen LogP contribution in [0.4, 0.5) is 90.4 Å². The normalized spacial score (nSPS) is 13.5. The maximum atomic E-state index is 13.2. The summed E-state index contributed by atoms with van der Waals surface area (Å²) >= 11 is 8.26. The second kappa shape index (κ2) is 48.2. The first-order chi connectivity index (χ1) is 53.7. The number of ketones is 1. The maximum absolute atomic E-state index is 13.2. The number of rotatable bonds is 13. The van der Waals surface area contributed by atoms with E-state index in [1.165, 1.54) is 101 Å². The summed E-state index contributed by atoms with van der Waals surface area (Å²) in [7, 11) is -1.00. The molecule has 9 heterocycles. The monoisotopic (exact) mass is 1830 g/mol. The molecule has 26 nitrogen and oxygen atoms in total. The molecule has 7 aromatic heterocycles. The number of imidazole rings is 5. The summed E-state index contributed by atoms with van der Waals surface area (Å²) < 4.78 is 239. The smallest absolute Gasteiger partial charge is 1.00 e. The number of amides is 1. The summed E-state index contributed by atoms with van der Waals surface area (Å²) in [6.07, 6.45) is -11.6. The van der Waals surface area contributed by atoms with E-state index in [4.69, 9.17) is 28.1 Å². The second-order valence-electron chi connectivity index (χ2n) is 24.1. The molecule has 5 unspecified atom stereocenters. The van der Waals surface area contributed by atoms with Crippen molar-refractivity contribution in [2.24, 2.45) is 0 Å². The van der Waals surface area contributed by atoms with Gasteiger partial charge in [0.2, 0.25) is 11.1 Å². The third-order valence-electron chi connectivity index (χ3n) is 15.9. The van der Waals surface area contributed by atoms with Crippen molar-refractivity contribution in [3.05, 3.63) is 173 Å². The van der Waals surface area contributed by atoms with Gasteiger partial charge in [0.1, 0.15) is 69.4 Å². The molecule has 117 heavy (non-hydrogen) atoms. The van der Waals surface area contributed by atoms with Gasteiger partial charge in [0.05, 0.1) is 73.9 Å². The van der Waals surface area contributed by atoms with Crippen LogP contribution in [0.15, 0.2) is 91.9 Å². The van der Waals surface area contributed by atoms with Crippen LogP contribution in [0.3, 0.4) is 0 Å². The van der Waals surface area contributed by atoms with Crippen LogP contribution in [0.2, 0.25) is 0 Å². The van der Waals surface area contributed by atoms with Gasteiger partial charge in [-0.1, -0.05) is 15.9 Å². The largest absolute Gasteiger partial charge is 1.00 e. The quantitative estimate of drug-likeness (QED) is 0.0141. The number of carbonyl (C=O) groups is 6. The zero-order chi connectivity index (χ0) is 88.5. The van der Waals surface area contributed by atoms with E-state index in [1.54, 1.807) is 60.8 Å². The van der Waals surface area contributed by atoms with Crippen molar-refractivity contribution in [1.82, 2.24) is 67.7 Å². The number of Topliss-reactive ketones (excluding diaryl/α,β-unsaturated/α-hetero) is 1. The minimum atomic E-state index is -4.58. The molecule has 2 aliphatic rings. The second-order valence-corrected chi connectivity index (χ2v) is 25.8. The van der Waals surface area contributed by atoms with Gasteiger partial charge in [0.25, 0.3) is 6.47 Å². The molecule has 636 valence electrons. The Bertz CT molecular complexity index is 4490. The van der Waals surface area contributed by atoms with Crippen molar-refractivity contribution in [2.45, 2.75) is 169 Å². The van der Waals surface area contributed by atoms with Crippen molar-refractivity contribution in [2.75, 3.05) is 37.1 Å². The molecule has 2 aromatic carbocycles. The number of nitrogens with zero attached hydrogens (tertiary/aromatic N) is 14. The van der Waals surface area contributed by atoms with Gasteiger partial charge in [-0.25, -0.2) is 47.9 Å². The average Bonchev–Trinajstić information content (AvgIpc) is 1.65. The summed E-state index contributed by atoms with van der Waals surface area (Å²) in [6.45, 7) is 19.4. The number of carboxylic acid groups (broad SMARTS) is 1. The van der Waals surface area contributed by atoms with E-state index in [2.05, 4.69) is 71.0 Å². The van der Waals surface area contributed by atoms with E-state index < -0.39 is 102 Å². The van der Waals surface area contributed by atoms with E-state index in [9.17, 15) is 103 Å². The Balaban J connectivity index is 0.00000139. The molecule has 2 aliphatic heterocycles. The minimum absolute atomic E-state index is 0. The van der Waals surface area contributed by atoms with E-state index in [-0.39, 0.29) is 174 Å². The van der Waals surface area contributed by atoms with Gasteiger partial charge >= 0.3 is 146 Å². The van der Waals surface area contributed by atoms with Gasteiger partial charge in [0.15, 0.2) is 28.6 Å². The van der Waals surface area contributed by atoms with E-state index >= 15 is 0 Å². The number of aryl methyl sites for hydroxylation is 5. The Kier molecular flexibility index (Phi) is 43.6. The predicted octanol–water partition coefficient (Wildman–Crippen LogP) is 9.41. The fourth-order valence-electron chi connectivity index (χ4n) is 10.1. The SMILES string of the molecule is CC(=O)C(C)n1cc(C(F)(F)F)nc1C.CCOC(=O)C(C)Br.Cc1nc(C(F)(F)F)cn1C(C)C(=O)Cl.Cc1nc(C(F)(F)F)cn1C(C)C(=O)N1CCCc2c1cnn2-c1ccc(F)cc1.Cc1nc(C(F)(F)F)cn1C(C)C(=O)O.Cc1ncc(C(F)(F)F)[nH]1.Fc1ccc(-n2ncc3c2CCCN3)cc1.O=CO[O-].[2H]CF.[H-].[K+].[K+]. The van der Waals surface area contributed by atoms with Crippen LogP contribution in [-0.2, 0) is 82.1 Å². The minimum Gasteiger partial charge on any atom is -1.00 e. The number of hydrogen-bond donors (Lipinski definition) is 3. The summed E-state index contributed by atoms with van der Waals surface area (Å²) in [5.74, 6) is -1.84. The van der Waals surface area contributed by atoms with Crippen LogP contribution in [-0.4, -0.2) is 140 Å². The van der Waals surface area contributed by atoms with Gasteiger partial charge in [0, 0.05) is 37.9 Å². The van der Waals surface area contributed by atoms with E-state index in [1.807, 2.05) is 10.9 Å². The number of anilines is 2. The number of aromatic nitrogens is 14. The molecule has 0 spiro atoms. The number of alkyl halides is 17. The maximum Gasteiger partial charge on any atom is 1.00 e. The molecule has 0 radical (unpaired) electrons. The van der Waals surface area contributed by atoms with Gasteiger partial charge < -0.3 is 54.9 Å². The van der Waals surface area contributed by atoms with Gasteiger partial charge in [-0.3, -0.25) is 28.4 Å². The zero-order valence-corrected chi connectivity index (χ0v) is 73.3. The number of fused-ring (bicyclic) bond motifs is 2. The number of benzene rings is 2. The van der Waals surface area contributed by atoms with Crippen molar-refractivity contribution < 1.29 is 233 Å². The number of carbonyl (C=O) groups excluding carboxylic acids is 5. The van der Waals surface area contributed by atoms with Crippen LogP contribution in [0, 0.1) is 46.3 Å². The number of aromatic amines is 1. The van der Waals surface area contributed by atoms with Crippen LogP contribution >= 0.6 is 27.5 Å². The first-order valence-electron chi connectivity index (χ1n) is 34.0. The van der Waals surface area contributed by atoms with E-state index in [0.717, 1.165) is 70.4 Å². The third-order valence-corrected chi connectivity index (χ3v) is 16.6. The van der Waals surface area contributed by atoms with Crippen molar-refractivity contribution in [1.29, 1.82) is 0 Å². The molecule has 9 aromatic rings. The summed E-state index contributed by atoms with van der Waals surface area (Å²) in [5, 5.41) is 28.3. The molecule has 0 aliphatic carbocycles. The Hall–Kier alpha value is -7.33. The fraction of sp³-hybridized carbons (Fsp3) is 0.435. The first kappa shape index (κ1) is 106. The summed E-state index contributed by atoms with van der Waals surface area (Å²) in [4.78, 5) is 87.6. The molecular weight excluding hydrogens is 1750 g/mol. The van der Waals surface area contributed by atoms with E-state index in [0.29, 0.717) is 43.6 Å². The van der Waals surface area contributed by atoms with Gasteiger partial charge in [-0.2, -0.15) is 76.1 Å². The van der Waals surface area contributed by atoms with Gasteiger partial charge in [-0.15, -0.1) is 0 Å². The summed E-state index contributed by atoms with van der Waals surface area (Å²) in [5.41, 5.74) is 0.363. The first-order valence-corrected chi connectivity index (χ1v) is 34.6. The predicted molar refractivity (Wildman–Crippen MR) is 379 cm³/mol. The fourth-order valence-corrected chi connectivity index (χ4v) is 10.3. The molecule has 0 saturated carbocycles. The standard InChI is InChI=1S/C20H19F4N5O.C12H12FN3.C9H11F3N2O.C8H8ClF3N2O.C8H9F3N2O2.C5H9BrO2.C5H5F3N2.CH3F.CH2O3.2K.H/c1-12(28-11-18(20(22,23)24)26-13(28)2)19(30)27-9-3-4-16-17(27)10-25-29(16)15-7-5-14(21)6-8-15;13-9-3-5-10(6-4-9)16-12-2-1-7-14-11(12)8-15-16;1-5(6(2)15)14-4-8(9(10,11)12)13-7(14)3;1-4(7(9)15)14-3-6(8(10,11)12)13-5(14)2;1-4(7(14)15)13-3-6(8(9,10)11)12-5(13)2;1-3-8-5(7)4(2)6;1-3-9-2-4(10-3)5(6,7)8;1-2;2-1-4-3;;;/h5-8,10-12H,3-4,9H2,1-2H3;3-6,8,14H,1-2,7H2;4-5H,1-3H3;3-4H,1-2H3;3-4H,1-2H3,(H,14,15);4H,3H2,1-2H3;2H,1H3,(H,9,10);1H3;1,3H;;;/q;;;;;;;;;2*+1;-1/p-1/i;;;;;;;1D;;;;. The Morgan fingerprint density at radius 2 is 1.00 bits per heavy atom. The van der Waals surface area contributed by atoms with Crippen LogP contribution in [0.25, 0.3) is 11.4 Å². The van der Waals surface area contributed by atoms with Crippen molar-refractivity contribution in [3.63, 3.8) is 0 Å². The van der Waals surface area contributed by atoms with Crippen molar-refractivity contribution in [3.8, 4) is 11.4 Å². The Morgan fingerprint density at radius 3 is 1.32 bits per heavy atom. The molecule has 1 amide bonds. The zero-order valence-electron chi connectivity index (χ0n) is 66.7. The van der Waals surface area contributed by atoms with Crippen molar-refractivity contribution >= 4 is 74.2 Å². The number of carboxylic acids is 1. The molecule has 0 fully saturated rings. The number of halogens is 20. The number of esters is 1. The van der Waals surface area contributed by atoms with Gasteiger partial charge in [-0.05, 0) is 169 Å². The number of aliphatic carboxylic acids is 1. The Morgan fingerprint density at radius 1 is 0.624 bits per heavy atom. The topological polar surface area (TPSA) is 315 Å². The number of H-pyrrole nitrogens is 1. The number of nitrogens with one attached hydrogen (secondary N) is 2. The third kappa shape index (κ3) is 32.6.